The number of carbonyl (C=O) groups is 1. The Morgan fingerprint density at radius 1 is 1.15 bits per heavy atom. The van der Waals surface area contributed by atoms with Crippen molar-refractivity contribution in [2.45, 2.75) is 32.7 Å². The molecule has 2 rings (SSSR count). The van der Waals surface area contributed by atoms with E-state index < -0.39 is 0 Å². The van der Waals surface area contributed by atoms with Crippen molar-refractivity contribution in [3.05, 3.63) is 42.5 Å². The average molecular weight is 270 g/mol. The maximum Gasteiger partial charge on any atom is 0.225 e. The second-order valence-corrected chi connectivity index (χ2v) is 5.12. The predicted octanol–water partition coefficient (Wildman–Crippen LogP) is 3.56. The topological polar surface area (TPSA) is 41.1 Å². The number of hydrogen-bond donors (Lipinski definition) is 2. The molecule has 1 unspecified atom stereocenters. The van der Waals surface area contributed by atoms with Crippen molar-refractivity contribution in [3.8, 4) is 0 Å². The molecule has 1 amide bonds. The van der Waals surface area contributed by atoms with Crippen LogP contribution in [0.2, 0.25) is 0 Å². The van der Waals surface area contributed by atoms with E-state index in [-0.39, 0.29) is 5.91 Å². The van der Waals surface area contributed by atoms with Crippen LogP contribution in [-0.4, -0.2) is 18.5 Å². The lowest BCUT2D eigenvalue weighted by atomic mass is 10.1. The molecule has 0 spiro atoms. The standard InChI is InChI=1S/C17H22N2O/c1-3-13(2)18-11-10-17(20)19-16-9-8-14-6-4-5-7-15(14)12-16/h4-9,12-13,18H,3,10-11H2,1-2H3,(H,19,20). The number of amides is 1. The van der Waals surface area contributed by atoms with Crippen molar-refractivity contribution in [2.75, 3.05) is 11.9 Å². The van der Waals surface area contributed by atoms with E-state index in [1.807, 2.05) is 30.3 Å². The summed E-state index contributed by atoms with van der Waals surface area (Å²) in [5.41, 5.74) is 0.859. The molecule has 3 heteroatoms. The normalized spacial score (nSPS) is 12.3. The molecule has 0 saturated heterocycles. The van der Waals surface area contributed by atoms with Crippen LogP contribution in [0, 0.1) is 0 Å². The van der Waals surface area contributed by atoms with E-state index in [1.54, 1.807) is 0 Å². The molecular formula is C17H22N2O. The summed E-state index contributed by atoms with van der Waals surface area (Å²) in [6, 6.07) is 14.6. The van der Waals surface area contributed by atoms with E-state index in [0.29, 0.717) is 19.0 Å². The number of fused-ring (bicyclic) bond motifs is 1. The summed E-state index contributed by atoms with van der Waals surface area (Å²) in [6.07, 6.45) is 1.57. The molecule has 0 heterocycles. The summed E-state index contributed by atoms with van der Waals surface area (Å²) in [7, 11) is 0. The number of carbonyl (C=O) groups excluding carboxylic acids is 1. The van der Waals surface area contributed by atoms with Crippen molar-refractivity contribution < 1.29 is 4.79 Å². The lowest BCUT2D eigenvalue weighted by molar-refractivity contribution is -0.116. The van der Waals surface area contributed by atoms with Crippen LogP contribution in [0.3, 0.4) is 0 Å². The largest absolute Gasteiger partial charge is 0.326 e. The molecule has 0 aliphatic heterocycles. The summed E-state index contributed by atoms with van der Waals surface area (Å²) in [4.78, 5) is 11.9. The fraction of sp³-hybridized carbons (Fsp3) is 0.353. The van der Waals surface area contributed by atoms with Crippen LogP contribution in [-0.2, 0) is 4.79 Å². The first-order valence-corrected chi connectivity index (χ1v) is 7.21. The molecule has 0 aliphatic carbocycles. The average Bonchev–Trinajstić information content (AvgIpc) is 2.47. The monoisotopic (exact) mass is 270 g/mol. The zero-order valence-corrected chi connectivity index (χ0v) is 12.1. The minimum atomic E-state index is 0.0519. The van der Waals surface area contributed by atoms with Gasteiger partial charge >= 0.3 is 0 Å². The predicted molar refractivity (Wildman–Crippen MR) is 85.0 cm³/mol. The lowest BCUT2D eigenvalue weighted by Crippen LogP contribution is -2.28. The molecule has 0 fully saturated rings. The molecule has 2 aromatic carbocycles. The molecule has 0 saturated carbocycles. The summed E-state index contributed by atoms with van der Waals surface area (Å²) >= 11 is 0. The third kappa shape index (κ3) is 4.07. The SMILES string of the molecule is CCC(C)NCCC(=O)Nc1ccc2ccccc2c1. The highest BCUT2D eigenvalue weighted by Crippen LogP contribution is 2.18. The van der Waals surface area contributed by atoms with Crippen LogP contribution in [0.4, 0.5) is 5.69 Å². The van der Waals surface area contributed by atoms with Crippen LogP contribution in [0.25, 0.3) is 10.8 Å². The first kappa shape index (κ1) is 14.5. The lowest BCUT2D eigenvalue weighted by Gasteiger charge is -2.11. The van der Waals surface area contributed by atoms with E-state index in [0.717, 1.165) is 17.5 Å². The maximum absolute atomic E-state index is 11.9. The molecule has 3 nitrogen and oxygen atoms in total. The van der Waals surface area contributed by atoms with Crippen molar-refractivity contribution in [2.24, 2.45) is 0 Å². The third-order valence-electron chi connectivity index (χ3n) is 3.49. The number of benzene rings is 2. The van der Waals surface area contributed by atoms with Crippen molar-refractivity contribution in [1.82, 2.24) is 5.32 Å². The van der Waals surface area contributed by atoms with Gasteiger partial charge in [-0.1, -0.05) is 37.3 Å². The van der Waals surface area contributed by atoms with Crippen molar-refractivity contribution >= 4 is 22.4 Å². The Morgan fingerprint density at radius 2 is 1.90 bits per heavy atom. The number of hydrogen-bond acceptors (Lipinski definition) is 2. The smallest absolute Gasteiger partial charge is 0.225 e. The number of nitrogens with one attached hydrogen (secondary N) is 2. The van der Waals surface area contributed by atoms with Gasteiger partial charge in [0.15, 0.2) is 0 Å². The van der Waals surface area contributed by atoms with Gasteiger partial charge in [-0.2, -0.15) is 0 Å². The van der Waals surface area contributed by atoms with Gasteiger partial charge in [-0.25, -0.2) is 0 Å². The minimum Gasteiger partial charge on any atom is -0.326 e. The summed E-state index contributed by atoms with van der Waals surface area (Å²) in [5.74, 6) is 0.0519. The first-order chi connectivity index (χ1) is 9.69. The van der Waals surface area contributed by atoms with Crippen LogP contribution in [0.5, 0.6) is 0 Å². The molecule has 20 heavy (non-hydrogen) atoms. The first-order valence-electron chi connectivity index (χ1n) is 7.21. The summed E-state index contributed by atoms with van der Waals surface area (Å²) in [5, 5.41) is 8.59. The number of rotatable bonds is 6. The van der Waals surface area contributed by atoms with Gasteiger partial charge in [0.2, 0.25) is 5.91 Å². The quantitative estimate of drug-likeness (QED) is 0.842. The van der Waals surface area contributed by atoms with E-state index in [4.69, 9.17) is 0 Å². The van der Waals surface area contributed by atoms with E-state index >= 15 is 0 Å². The van der Waals surface area contributed by atoms with Gasteiger partial charge in [0.05, 0.1) is 0 Å². The second kappa shape index (κ2) is 7.06. The molecule has 2 N–H and O–H groups in total. The Morgan fingerprint density at radius 3 is 2.65 bits per heavy atom. The zero-order valence-electron chi connectivity index (χ0n) is 12.1. The van der Waals surface area contributed by atoms with Crippen molar-refractivity contribution in [3.63, 3.8) is 0 Å². The van der Waals surface area contributed by atoms with E-state index in [9.17, 15) is 4.79 Å². The van der Waals surface area contributed by atoms with Gasteiger partial charge in [0, 0.05) is 24.7 Å². The van der Waals surface area contributed by atoms with E-state index in [2.05, 4.69) is 36.6 Å². The van der Waals surface area contributed by atoms with Gasteiger partial charge in [-0.15, -0.1) is 0 Å². The fourth-order valence-electron chi connectivity index (χ4n) is 2.07. The Balaban J connectivity index is 1.89. The molecule has 0 bridgehead atoms. The highest BCUT2D eigenvalue weighted by molar-refractivity contribution is 5.94. The molecule has 106 valence electrons. The van der Waals surface area contributed by atoms with Crippen LogP contribution in [0.1, 0.15) is 26.7 Å². The molecule has 0 radical (unpaired) electrons. The van der Waals surface area contributed by atoms with Crippen LogP contribution < -0.4 is 10.6 Å². The third-order valence-corrected chi connectivity index (χ3v) is 3.49. The Labute approximate surface area is 120 Å². The van der Waals surface area contributed by atoms with Crippen LogP contribution in [0.15, 0.2) is 42.5 Å². The minimum absolute atomic E-state index is 0.0519. The molecule has 2 aromatic rings. The molecular weight excluding hydrogens is 248 g/mol. The zero-order chi connectivity index (χ0) is 14.4. The highest BCUT2D eigenvalue weighted by atomic mass is 16.1. The van der Waals surface area contributed by atoms with Gasteiger partial charge in [-0.05, 0) is 36.2 Å². The highest BCUT2D eigenvalue weighted by Gasteiger charge is 2.04. The molecule has 1 atom stereocenters. The van der Waals surface area contributed by atoms with E-state index in [1.165, 1.54) is 5.39 Å². The number of anilines is 1. The maximum atomic E-state index is 11.9. The Kier molecular flexibility index (Phi) is 5.13. The Bertz CT molecular complexity index is 580. The molecule has 0 aromatic heterocycles. The van der Waals surface area contributed by atoms with Crippen LogP contribution >= 0.6 is 0 Å². The summed E-state index contributed by atoms with van der Waals surface area (Å²) in [6.45, 7) is 4.97. The summed E-state index contributed by atoms with van der Waals surface area (Å²) < 4.78 is 0. The second-order valence-electron chi connectivity index (χ2n) is 5.12. The fourth-order valence-corrected chi connectivity index (χ4v) is 2.07. The van der Waals surface area contributed by atoms with Gasteiger partial charge in [0.25, 0.3) is 0 Å². The molecule has 0 aliphatic rings. The van der Waals surface area contributed by atoms with Crippen molar-refractivity contribution in [1.29, 1.82) is 0 Å². The Hall–Kier alpha value is -1.87. The van der Waals surface area contributed by atoms with Gasteiger partial charge < -0.3 is 10.6 Å². The van der Waals surface area contributed by atoms with Gasteiger partial charge in [-0.3, -0.25) is 4.79 Å². The van der Waals surface area contributed by atoms with Gasteiger partial charge in [0.1, 0.15) is 0 Å².